The van der Waals surface area contributed by atoms with Crippen LogP contribution >= 0.6 is 11.6 Å². The molecule has 0 bridgehead atoms. The molecule has 3 N–H and O–H groups in total. The summed E-state index contributed by atoms with van der Waals surface area (Å²) in [6.45, 7) is -0.0538. The van der Waals surface area contributed by atoms with Gasteiger partial charge in [-0.3, -0.25) is 14.5 Å². The molecule has 1 heterocycles. The van der Waals surface area contributed by atoms with E-state index in [0.29, 0.717) is 22.1 Å². The lowest BCUT2D eigenvalue weighted by molar-refractivity contribution is -0.115. The van der Waals surface area contributed by atoms with Gasteiger partial charge in [-0.15, -0.1) is 0 Å². The first-order valence-electron chi connectivity index (χ1n) is 6.32. The number of anilines is 3. The van der Waals surface area contributed by atoms with Crippen LogP contribution in [-0.4, -0.2) is 18.4 Å². The average Bonchev–Trinajstić information content (AvgIpc) is 2.48. The number of nitrogens with zero attached hydrogens (tertiary/aromatic N) is 1. The Hall–Kier alpha value is -2.53. The van der Waals surface area contributed by atoms with Gasteiger partial charge >= 0.3 is 0 Å². The van der Waals surface area contributed by atoms with Gasteiger partial charge in [0.25, 0.3) is 5.91 Å². The molecule has 0 atom stereocenters. The fourth-order valence-corrected chi connectivity index (χ4v) is 2.45. The van der Waals surface area contributed by atoms with Gasteiger partial charge in [0.05, 0.1) is 16.9 Å². The number of halogens is 1. The lowest BCUT2D eigenvalue weighted by Crippen LogP contribution is -2.42. The van der Waals surface area contributed by atoms with E-state index in [1.807, 2.05) is 0 Å². The second kappa shape index (κ2) is 5.10. The van der Waals surface area contributed by atoms with Crippen LogP contribution in [-0.2, 0) is 4.79 Å². The number of para-hydroxylation sites is 2. The molecule has 0 radical (unpaired) electrons. The molecule has 6 heteroatoms. The van der Waals surface area contributed by atoms with Gasteiger partial charge in [-0.1, -0.05) is 23.7 Å². The van der Waals surface area contributed by atoms with E-state index in [9.17, 15) is 9.59 Å². The van der Waals surface area contributed by atoms with Crippen LogP contribution in [0.15, 0.2) is 42.5 Å². The van der Waals surface area contributed by atoms with E-state index in [1.165, 1.54) is 11.0 Å². The fraction of sp³-hybridized carbons (Fsp3) is 0.0667. The normalized spacial score (nSPS) is 13.6. The Labute approximate surface area is 126 Å². The molecule has 0 saturated carbocycles. The Morgan fingerprint density at radius 2 is 2.00 bits per heavy atom. The van der Waals surface area contributed by atoms with Gasteiger partial charge in [0.2, 0.25) is 5.91 Å². The third-order valence-corrected chi connectivity index (χ3v) is 3.50. The minimum atomic E-state index is -0.350. The van der Waals surface area contributed by atoms with Crippen molar-refractivity contribution in [2.45, 2.75) is 0 Å². The molecule has 5 nitrogen and oxygen atoms in total. The molecule has 1 aliphatic heterocycles. The SMILES string of the molecule is Nc1ccc(Cl)cc1C(=O)N1CC(=O)Nc2ccccc21. The molecule has 0 unspecified atom stereocenters. The number of benzene rings is 2. The van der Waals surface area contributed by atoms with Gasteiger partial charge < -0.3 is 11.1 Å². The van der Waals surface area contributed by atoms with E-state index in [2.05, 4.69) is 5.32 Å². The van der Waals surface area contributed by atoms with Gasteiger partial charge in [0, 0.05) is 10.7 Å². The summed E-state index contributed by atoms with van der Waals surface area (Å²) in [4.78, 5) is 25.8. The fourth-order valence-electron chi connectivity index (χ4n) is 2.27. The van der Waals surface area contributed by atoms with Crippen molar-refractivity contribution < 1.29 is 9.59 Å². The molecule has 2 amide bonds. The number of nitrogens with two attached hydrogens (primary N) is 1. The van der Waals surface area contributed by atoms with Crippen molar-refractivity contribution in [3.8, 4) is 0 Å². The monoisotopic (exact) mass is 301 g/mol. The van der Waals surface area contributed by atoms with Crippen molar-refractivity contribution in [1.82, 2.24) is 0 Å². The summed E-state index contributed by atoms with van der Waals surface area (Å²) in [6.07, 6.45) is 0. The lowest BCUT2D eigenvalue weighted by Gasteiger charge is -2.29. The molecular weight excluding hydrogens is 290 g/mol. The summed E-state index contributed by atoms with van der Waals surface area (Å²) in [6, 6.07) is 11.8. The molecule has 21 heavy (non-hydrogen) atoms. The van der Waals surface area contributed by atoms with Crippen molar-refractivity contribution in [2.75, 3.05) is 22.5 Å². The third-order valence-electron chi connectivity index (χ3n) is 3.26. The highest BCUT2D eigenvalue weighted by Gasteiger charge is 2.28. The van der Waals surface area contributed by atoms with Crippen LogP contribution in [0.1, 0.15) is 10.4 Å². The molecule has 2 aromatic rings. The maximum Gasteiger partial charge on any atom is 0.260 e. The second-order valence-electron chi connectivity index (χ2n) is 4.69. The molecule has 0 spiro atoms. The molecule has 2 aromatic carbocycles. The summed E-state index contributed by atoms with van der Waals surface area (Å²) in [7, 11) is 0. The predicted octanol–water partition coefficient (Wildman–Crippen LogP) is 2.52. The minimum Gasteiger partial charge on any atom is -0.398 e. The van der Waals surface area contributed by atoms with Crippen molar-refractivity contribution >= 4 is 40.5 Å². The Kier molecular flexibility index (Phi) is 3.27. The van der Waals surface area contributed by atoms with Crippen LogP contribution in [0.2, 0.25) is 5.02 Å². The summed E-state index contributed by atoms with van der Waals surface area (Å²) < 4.78 is 0. The molecule has 3 rings (SSSR count). The Bertz CT molecular complexity index is 745. The number of amides is 2. The zero-order valence-corrected chi connectivity index (χ0v) is 11.7. The second-order valence-corrected chi connectivity index (χ2v) is 5.12. The minimum absolute atomic E-state index is 0.0538. The summed E-state index contributed by atoms with van der Waals surface area (Å²) in [5.74, 6) is -0.597. The van der Waals surface area contributed by atoms with Crippen molar-refractivity contribution in [3.05, 3.63) is 53.1 Å². The topological polar surface area (TPSA) is 75.4 Å². The molecule has 0 saturated heterocycles. The molecule has 0 aliphatic carbocycles. The van der Waals surface area contributed by atoms with Crippen LogP contribution in [0.25, 0.3) is 0 Å². The van der Waals surface area contributed by atoms with Crippen LogP contribution in [0.5, 0.6) is 0 Å². The molecule has 1 aliphatic rings. The highest BCUT2D eigenvalue weighted by Crippen LogP contribution is 2.31. The van der Waals surface area contributed by atoms with E-state index in [-0.39, 0.29) is 23.9 Å². The van der Waals surface area contributed by atoms with E-state index in [4.69, 9.17) is 17.3 Å². The first-order valence-corrected chi connectivity index (χ1v) is 6.70. The standard InChI is InChI=1S/C15H12ClN3O2/c16-9-5-6-11(17)10(7-9)15(21)19-8-14(20)18-12-3-1-2-4-13(12)19/h1-7H,8,17H2,(H,18,20). The number of fused-ring (bicyclic) bond motifs is 1. The Morgan fingerprint density at radius 3 is 2.81 bits per heavy atom. The zero-order valence-electron chi connectivity index (χ0n) is 11.0. The highest BCUT2D eigenvalue weighted by atomic mass is 35.5. The summed E-state index contributed by atoms with van der Waals surface area (Å²) in [5.41, 5.74) is 7.70. The lowest BCUT2D eigenvalue weighted by atomic mass is 10.1. The molecular formula is C15H12ClN3O2. The van der Waals surface area contributed by atoms with E-state index < -0.39 is 0 Å². The maximum absolute atomic E-state index is 12.7. The summed E-state index contributed by atoms with van der Waals surface area (Å²) in [5, 5.41) is 3.15. The number of hydrogen-bond donors (Lipinski definition) is 2. The van der Waals surface area contributed by atoms with Gasteiger partial charge in [-0.2, -0.15) is 0 Å². The number of hydrogen-bond acceptors (Lipinski definition) is 3. The number of carbonyl (C=O) groups is 2. The van der Waals surface area contributed by atoms with Gasteiger partial charge in [-0.05, 0) is 30.3 Å². The van der Waals surface area contributed by atoms with Gasteiger partial charge in [0.1, 0.15) is 6.54 Å². The van der Waals surface area contributed by atoms with Crippen LogP contribution in [0, 0.1) is 0 Å². The first-order chi connectivity index (χ1) is 10.1. The molecule has 106 valence electrons. The van der Waals surface area contributed by atoms with E-state index >= 15 is 0 Å². The highest BCUT2D eigenvalue weighted by molar-refractivity contribution is 6.31. The number of rotatable bonds is 1. The van der Waals surface area contributed by atoms with Crippen LogP contribution < -0.4 is 16.0 Å². The molecule has 0 aromatic heterocycles. The van der Waals surface area contributed by atoms with E-state index in [0.717, 1.165) is 0 Å². The number of nitrogens with one attached hydrogen (secondary N) is 1. The van der Waals surface area contributed by atoms with Gasteiger partial charge in [-0.25, -0.2) is 0 Å². The third kappa shape index (κ3) is 2.43. The largest absolute Gasteiger partial charge is 0.398 e. The zero-order chi connectivity index (χ0) is 15.0. The quantitative estimate of drug-likeness (QED) is 0.795. The first kappa shape index (κ1) is 13.5. The van der Waals surface area contributed by atoms with Crippen molar-refractivity contribution in [3.63, 3.8) is 0 Å². The van der Waals surface area contributed by atoms with Gasteiger partial charge in [0.15, 0.2) is 0 Å². The smallest absolute Gasteiger partial charge is 0.260 e. The maximum atomic E-state index is 12.7. The number of nitrogen functional groups attached to an aromatic ring is 1. The van der Waals surface area contributed by atoms with Crippen LogP contribution in [0.3, 0.4) is 0 Å². The van der Waals surface area contributed by atoms with Crippen LogP contribution in [0.4, 0.5) is 17.1 Å². The van der Waals surface area contributed by atoms with Crippen molar-refractivity contribution in [1.29, 1.82) is 0 Å². The molecule has 0 fully saturated rings. The Morgan fingerprint density at radius 1 is 1.24 bits per heavy atom. The number of carbonyl (C=O) groups excluding carboxylic acids is 2. The van der Waals surface area contributed by atoms with Crippen molar-refractivity contribution in [2.24, 2.45) is 0 Å². The summed E-state index contributed by atoms with van der Waals surface area (Å²) >= 11 is 5.92. The van der Waals surface area contributed by atoms with E-state index in [1.54, 1.807) is 36.4 Å². The predicted molar refractivity (Wildman–Crippen MR) is 82.6 cm³/mol. The Balaban J connectivity index is 2.06. The average molecular weight is 302 g/mol.